The molecule has 2 aromatic rings. The van der Waals surface area contributed by atoms with Gasteiger partial charge in [0.2, 0.25) is 5.91 Å². The number of aromatic nitrogens is 1. The molecule has 148 valence electrons. The van der Waals surface area contributed by atoms with Gasteiger partial charge in [-0.2, -0.15) is 0 Å². The molecule has 2 N–H and O–H groups in total. The van der Waals surface area contributed by atoms with Crippen molar-refractivity contribution in [1.82, 2.24) is 20.5 Å². The molecule has 1 fully saturated rings. The monoisotopic (exact) mass is 380 g/mol. The van der Waals surface area contributed by atoms with Crippen molar-refractivity contribution in [3.05, 3.63) is 65.5 Å². The van der Waals surface area contributed by atoms with Crippen molar-refractivity contribution in [3.8, 4) is 0 Å². The molecular weight excluding hydrogens is 352 g/mol. The average Bonchev–Trinajstić information content (AvgIpc) is 2.73. The topological polar surface area (TPSA) is 74.3 Å². The summed E-state index contributed by atoms with van der Waals surface area (Å²) in [4.78, 5) is 31.3. The number of pyridine rings is 1. The van der Waals surface area contributed by atoms with Crippen molar-refractivity contribution in [2.24, 2.45) is 5.92 Å². The van der Waals surface area contributed by atoms with Crippen LogP contribution in [0.1, 0.15) is 42.6 Å². The molecule has 1 unspecified atom stereocenters. The van der Waals surface area contributed by atoms with E-state index in [0.717, 1.165) is 16.8 Å². The Hall–Kier alpha value is -2.89. The minimum absolute atomic E-state index is 0.0226. The van der Waals surface area contributed by atoms with E-state index < -0.39 is 0 Å². The Morgan fingerprint density at radius 1 is 1.14 bits per heavy atom. The normalized spacial score (nSPS) is 15.7. The van der Waals surface area contributed by atoms with Crippen molar-refractivity contribution in [3.63, 3.8) is 0 Å². The second-order valence-corrected chi connectivity index (χ2v) is 7.15. The van der Waals surface area contributed by atoms with E-state index in [1.165, 1.54) is 0 Å². The molecule has 1 aliphatic rings. The Morgan fingerprint density at radius 2 is 1.86 bits per heavy atom. The van der Waals surface area contributed by atoms with Crippen LogP contribution in [-0.4, -0.2) is 41.5 Å². The lowest BCUT2D eigenvalue weighted by Crippen LogP contribution is -2.47. The molecule has 28 heavy (non-hydrogen) atoms. The summed E-state index contributed by atoms with van der Waals surface area (Å²) >= 11 is 0. The highest BCUT2D eigenvalue weighted by Crippen LogP contribution is 2.25. The molecule has 0 spiro atoms. The van der Waals surface area contributed by atoms with Crippen LogP contribution in [-0.2, 0) is 4.79 Å². The SMILES string of the molecule is CCNC(=O)N1CCC(C(=O)NC(c2ccccc2)c2ncccc2C)CC1. The van der Waals surface area contributed by atoms with Gasteiger partial charge in [0.15, 0.2) is 0 Å². The molecule has 6 heteroatoms. The Labute approximate surface area is 166 Å². The van der Waals surface area contributed by atoms with Gasteiger partial charge in [0.05, 0.1) is 11.7 Å². The summed E-state index contributed by atoms with van der Waals surface area (Å²) in [5, 5.41) is 6.03. The van der Waals surface area contributed by atoms with Gasteiger partial charge in [-0.3, -0.25) is 9.78 Å². The summed E-state index contributed by atoms with van der Waals surface area (Å²) < 4.78 is 0. The fourth-order valence-electron chi connectivity index (χ4n) is 3.62. The molecule has 3 amide bonds. The van der Waals surface area contributed by atoms with E-state index in [9.17, 15) is 9.59 Å². The van der Waals surface area contributed by atoms with Gasteiger partial charge < -0.3 is 15.5 Å². The zero-order valence-electron chi connectivity index (χ0n) is 16.5. The highest BCUT2D eigenvalue weighted by molar-refractivity contribution is 5.80. The largest absolute Gasteiger partial charge is 0.343 e. The number of hydrogen-bond acceptors (Lipinski definition) is 3. The standard InChI is InChI=1S/C22H28N4O2/c1-3-23-22(28)26-14-11-18(12-15-26)21(27)25-20(17-9-5-4-6-10-17)19-16(2)8-7-13-24-19/h4-10,13,18,20H,3,11-12,14-15H2,1-2H3,(H,23,28)(H,25,27). The first-order valence-corrected chi connectivity index (χ1v) is 9.89. The molecule has 0 radical (unpaired) electrons. The highest BCUT2D eigenvalue weighted by Gasteiger charge is 2.29. The summed E-state index contributed by atoms with van der Waals surface area (Å²) in [5.41, 5.74) is 2.92. The van der Waals surface area contributed by atoms with Gasteiger partial charge in [-0.05, 0) is 43.9 Å². The predicted octanol–water partition coefficient (Wildman–Crippen LogP) is 3.04. The van der Waals surface area contributed by atoms with E-state index in [-0.39, 0.29) is 23.9 Å². The summed E-state index contributed by atoms with van der Waals surface area (Å²) in [6.07, 6.45) is 3.10. The van der Waals surface area contributed by atoms with Crippen molar-refractivity contribution in [2.45, 2.75) is 32.7 Å². The molecular formula is C22H28N4O2. The molecule has 0 saturated carbocycles. The molecule has 1 aromatic carbocycles. The first-order valence-electron chi connectivity index (χ1n) is 9.89. The van der Waals surface area contributed by atoms with Gasteiger partial charge in [-0.1, -0.05) is 36.4 Å². The molecule has 1 aliphatic heterocycles. The van der Waals surface area contributed by atoms with Crippen LogP contribution in [0.2, 0.25) is 0 Å². The molecule has 6 nitrogen and oxygen atoms in total. The van der Waals surface area contributed by atoms with E-state index in [1.807, 2.05) is 56.3 Å². The van der Waals surface area contributed by atoms with Gasteiger partial charge in [-0.15, -0.1) is 0 Å². The van der Waals surface area contributed by atoms with Gasteiger partial charge in [0, 0.05) is 31.7 Å². The van der Waals surface area contributed by atoms with E-state index in [0.29, 0.717) is 32.5 Å². The van der Waals surface area contributed by atoms with Crippen LogP contribution in [0.25, 0.3) is 0 Å². The van der Waals surface area contributed by atoms with Gasteiger partial charge >= 0.3 is 6.03 Å². The summed E-state index contributed by atoms with van der Waals surface area (Å²) in [5.74, 6) is -0.0737. The Morgan fingerprint density at radius 3 is 2.50 bits per heavy atom. The number of rotatable bonds is 5. The Balaban J connectivity index is 1.71. The number of benzene rings is 1. The van der Waals surface area contributed by atoms with Crippen molar-refractivity contribution >= 4 is 11.9 Å². The zero-order chi connectivity index (χ0) is 19.9. The highest BCUT2D eigenvalue weighted by atomic mass is 16.2. The van der Waals surface area contributed by atoms with E-state index in [1.54, 1.807) is 11.1 Å². The van der Waals surface area contributed by atoms with Crippen LogP contribution in [0.15, 0.2) is 48.7 Å². The molecule has 3 rings (SSSR count). The van der Waals surface area contributed by atoms with Gasteiger partial charge in [-0.25, -0.2) is 4.79 Å². The average molecular weight is 380 g/mol. The number of nitrogens with zero attached hydrogens (tertiary/aromatic N) is 2. The maximum atomic E-state index is 13.0. The number of carbonyl (C=O) groups excluding carboxylic acids is 2. The second-order valence-electron chi connectivity index (χ2n) is 7.15. The maximum absolute atomic E-state index is 13.0. The third-order valence-corrected chi connectivity index (χ3v) is 5.22. The number of aryl methyl sites for hydroxylation is 1. The van der Waals surface area contributed by atoms with Crippen molar-refractivity contribution in [2.75, 3.05) is 19.6 Å². The smallest absolute Gasteiger partial charge is 0.317 e. The fraction of sp³-hybridized carbons (Fsp3) is 0.409. The maximum Gasteiger partial charge on any atom is 0.317 e. The first-order chi connectivity index (χ1) is 13.6. The molecule has 0 bridgehead atoms. The van der Waals surface area contributed by atoms with Crippen LogP contribution in [0.4, 0.5) is 4.79 Å². The molecule has 0 aliphatic carbocycles. The van der Waals surface area contributed by atoms with E-state index in [4.69, 9.17) is 0 Å². The number of urea groups is 1. The first kappa shape index (κ1) is 19.9. The van der Waals surface area contributed by atoms with Crippen molar-refractivity contribution < 1.29 is 9.59 Å². The summed E-state index contributed by atoms with van der Waals surface area (Å²) in [6.45, 7) is 5.73. The number of likely N-dealkylation sites (tertiary alicyclic amines) is 1. The quantitative estimate of drug-likeness (QED) is 0.837. The van der Waals surface area contributed by atoms with Gasteiger partial charge in [0.1, 0.15) is 0 Å². The predicted molar refractivity (Wildman–Crippen MR) is 109 cm³/mol. The Kier molecular flexibility index (Phi) is 6.63. The molecule has 1 saturated heterocycles. The van der Waals surface area contributed by atoms with Gasteiger partial charge in [0.25, 0.3) is 0 Å². The van der Waals surface area contributed by atoms with Crippen molar-refractivity contribution in [1.29, 1.82) is 0 Å². The minimum atomic E-state index is -0.281. The van der Waals surface area contributed by atoms with Crippen LogP contribution in [0.5, 0.6) is 0 Å². The summed E-state index contributed by atoms with van der Waals surface area (Å²) in [6, 6.07) is 13.5. The minimum Gasteiger partial charge on any atom is -0.343 e. The summed E-state index contributed by atoms with van der Waals surface area (Å²) in [7, 11) is 0. The van der Waals surface area contributed by atoms with Crippen LogP contribution >= 0.6 is 0 Å². The number of carbonyl (C=O) groups is 2. The fourth-order valence-corrected chi connectivity index (χ4v) is 3.62. The van der Waals surface area contributed by atoms with E-state index in [2.05, 4.69) is 15.6 Å². The second kappa shape index (κ2) is 9.35. The number of nitrogens with one attached hydrogen (secondary N) is 2. The lowest BCUT2D eigenvalue weighted by atomic mass is 9.94. The number of amides is 3. The Bertz CT molecular complexity index is 801. The molecule has 1 atom stereocenters. The van der Waals surface area contributed by atoms with Crippen LogP contribution < -0.4 is 10.6 Å². The van der Waals surface area contributed by atoms with Crippen LogP contribution in [0.3, 0.4) is 0 Å². The number of hydrogen-bond donors (Lipinski definition) is 2. The zero-order valence-corrected chi connectivity index (χ0v) is 16.5. The molecule has 2 heterocycles. The number of piperidine rings is 1. The lowest BCUT2D eigenvalue weighted by molar-refractivity contribution is -0.126. The molecule has 1 aromatic heterocycles. The third-order valence-electron chi connectivity index (χ3n) is 5.22. The lowest BCUT2D eigenvalue weighted by Gasteiger charge is -2.32. The van der Waals surface area contributed by atoms with E-state index >= 15 is 0 Å². The third kappa shape index (κ3) is 4.68. The van der Waals surface area contributed by atoms with Crippen LogP contribution in [0, 0.1) is 12.8 Å².